The first-order valence-corrected chi connectivity index (χ1v) is 7.72. The van der Waals surface area contributed by atoms with Crippen LogP contribution in [0.15, 0.2) is 59.5 Å². The SMILES string of the molecule is Nc1ccc(NC(=S)NCCSc2ccccc2)cc1. The van der Waals surface area contributed by atoms with E-state index in [2.05, 4.69) is 22.8 Å². The second-order valence-corrected chi connectivity index (χ2v) is 5.74. The zero-order valence-corrected chi connectivity index (χ0v) is 12.6. The Labute approximate surface area is 129 Å². The van der Waals surface area contributed by atoms with E-state index in [9.17, 15) is 0 Å². The third-order valence-corrected chi connectivity index (χ3v) is 3.83. The van der Waals surface area contributed by atoms with Gasteiger partial charge in [0.25, 0.3) is 0 Å². The van der Waals surface area contributed by atoms with Gasteiger partial charge in [0.15, 0.2) is 5.11 Å². The van der Waals surface area contributed by atoms with Crippen LogP contribution < -0.4 is 16.4 Å². The van der Waals surface area contributed by atoms with E-state index in [1.54, 1.807) is 11.8 Å². The van der Waals surface area contributed by atoms with Crippen molar-refractivity contribution in [3.63, 3.8) is 0 Å². The van der Waals surface area contributed by atoms with E-state index in [0.717, 1.165) is 23.7 Å². The van der Waals surface area contributed by atoms with Gasteiger partial charge in [0.1, 0.15) is 0 Å². The van der Waals surface area contributed by atoms with Crippen molar-refractivity contribution in [1.29, 1.82) is 0 Å². The molecular formula is C15H17N3S2. The summed E-state index contributed by atoms with van der Waals surface area (Å²) in [6, 6.07) is 17.8. The maximum absolute atomic E-state index is 5.63. The van der Waals surface area contributed by atoms with Crippen LogP contribution in [0.4, 0.5) is 11.4 Å². The smallest absolute Gasteiger partial charge is 0.170 e. The fourth-order valence-electron chi connectivity index (χ4n) is 1.59. The van der Waals surface area contributed by atoms with Crippen molar-refractivity contribution < 1.29 is 0 Å². The van der Waals surface area contributed by atoms with Gasteiger partial charge >= 0.3 is 0 Å². The molecule has 20 heavy (non-hydrogen) atoms. The Balaban J connectivity index is 1.66. The molecule has 104 valence electrons. The molecule has 2 aromatic rings. The normalized spacial score (nSPS) is 10.0. The highest BCUT2D eigenvalue weighted by atomic mass is 32.2. The van der Waals surface area contributed by atoms with Crippen LogP contribution in [0.25, 0.3) is 0 Å². The molecule has 2 rings (SSSR count). The van der Waals surface area contributed by atoms with E-state index >= 15 is 0 Å². The Bertz CT molecular complexity index is 541. The summed E-state index contributed by atoms with van der Waals surface area (Å²) < 4.78 is 0. The molecule has 0 fully saturated rings. The number of thiocarbonyl (C=S) groups is 1. The summed E-state index contributed by atoms with van der Waals surface area (Å²) in [5.41, 5.74) is 7.31. The highest BCUT2D eigenvalue weighted by molar-refractivity contribution is 7.99. The third kappa shape index (κ3) is 5.11. The van der Waals surface area contributed by atoms with Gasteiger partial charge in [-0.05, 0) is 48.6 Å². The van der Waals surface area contributed by atoms with Crippen molar-refractivity contribution in [1.82, 2.24) is 5.32 Å². The first-order chi connectivity index (χ1) is 9.74. The second kappa shape index (κ2) is 7.77. The second-order valence-electron chi connectivity index (χ2n) is 4.16. The number of nitrogen functional groups attached to an aromatic ring is 1. The van der Waals surface area contributed by atoms with Gasteiger partial charge in [0.05, 0.1) is 0 Å². The summed E-state index contributed by atoms with van der Waals surface area (Å²) in [5, 5.41) is 6.94. The van der Waals surface area contributed by atoms with Crippen LogP contribution in [0.3, 0.4) is 0 Å². The molecule has 0 heterocycles. The molecule has 0 aliphatic carbocycles. The van der Waals surface area contributed by atoms with Crippen LogP contribution in [0, 0.1) is 0 Å². The van der Waals surface area contributed by atoms with E-state index in [4.69, 9.17) is 18.0 Å². The molecule has 0 aliphatic heterocycles. The molecule has 0 saturated heterocycles. The van der Waals surface area contributed by atoms with Gasteiger partial charge in [-0.15, -0.1) is 11.8 Å². The highest BCUT2D eigenvalue weighted by Gasteiger charge is 1.97. The Kier molecular flexibility index (Phi) is 5.70. The lowest BCUT2D eigenvalue weighted by Gasteiger charge is -2.10. The summed E-state index contributed by atoms with van der Waals surface area (Å²) in [5.74, 6) is 0.966. The molecule has 4 N–H and O–H groups in total. The summed E-state index contributed by atoms with van der Waals surface area (Å²) in [6.45, 7) is 0.820. The Morgan fingerprint density at radius 2 is 1.75 bits per heavy atom. The molecule has 0 spiro atoms. The molecule has 0 bridgehead atoms. The number of nitrogens with two attached hydrogens (primary N) is 1. The number of hydrogen-bond acceptors (Lipinski definition) is 3. The average Bonchev–Trinajstić information content (AvgIpc) is 2.47. The van der Waals surface area contributed by atoms with E-state index in [-0.39, 0.29) is 0 Å². The van der Waals surface area contributed by atoms with Gasteiger partial charge in [0.2, 0.25) is 0 Å². The van der Waals surface area contributed by atoms with Gasteiger partial charge in [-0.3, -0.25) is 0 Å². The monoisotopic (exact) mass is 303 g/mol. The fourth-order valence-corrected chi connectivity index (χ4v) is 2.60. The van der Waals surface area contributed by atoms with Crippen molar-refractivity contribution in [2.75, 3.05) is 23.3 Å². The Hall–Kier alpha value is -1.72. The maximum atomic E-state index is 5.63. The van der Waals surface area contributed by atoms with Crippen molar-refractivity contribution in [2.45, 2.75) is 4.90 Å². The van der Waals surface area contributed by atoms with Crippen LogP contribution in [0.2, 0.25) is 0 Å². The van der Waals surface area contributed by atoms with E-state index in [1.165, 1.54) is 4.90 Å². The van der Waals surface area contributed by atoms with E-state index < -0.39 is 0 Å². The number of hydrogen-bond donors (Lipinski definition) is 3. The molecule has 5 heteroatoms. The number of nitrogens with one attached hydrogen (secondary N) is 2. The van der Waals surface area contributed by atoms with Crippen LogP contribution in [-0.2, 0) is 0 Å². The zero-order chi connectivity index (χ0) is 14.2. The predicted molar refractivity (Wildman–Crippen MR) is 92.2 cm³/mol. The molecule has 2 aromatic carbocycles. The molecule has 0 radical (unpaired) electrons. The number of anilines is 2. The van der Waals surface area contributed by atoms with Gasteiger partial charge in [-0.2, -0.15) is 0 Å². The van der Waals surface area contributed by atoms with E-state index in [0.29, 0.717) is 5.11 Å². The van der Waals surface area contributed by atoms with Gasteiger partial charge in [0, 0.05) is 28.6 Å². The van der Waals surface area contributed by atoms with Crippen molar-refractivity contribution in [2.24, 2.45) is 0 Å². The molecular weight excluding hydrogens is 286 g/mol. The molecule has 0 aliphatic rings. The molecule has 0 aromatic heterocycles. The molecule has 0 saturated carbocycles. The minimum atomic E-state index is 0.628. The maximum Gasteiger partial charge on any atom is 0.170 e. The van der Waals surface area contributed by atoms with Crippen molar-refractivity contribution in [3.05, 3.63) is 54.6 Å². The molecule has 0 atom stereocenters. The lowest BCUT2D eigenvalue weighted by atomic mass is 10.3. The number of thioether (sulfide) groups is 1. The van der Waals surface area contributed by atoms with Crippen LogP contribution in [0.1, 0.15) is 0 Å². The molecule has 0 amide bonds. The molecule has 0 unspecified atom stereocenters. The zero-order valence-electron chi connectivity index (χ0n) is 11.0. The van der Waals surface area contributed by atoms with Gasteiger partial charge < -0.3 is 16.4 Å². The topological polar surface area (TPSA) is 50.1 Å². The summed E-state index contributed by atoms with van der Waals surface area (Å²) in [7, 11) is 0. The lowest BCUT2D eigenvalue weighted by molar-refractivity contribution is 0.990. The standard InChI is InChI=1S/C15H17N3S2/c16-12-6-8-13(9-7-12)18-15(19)17-10-11-20-14-4-2-1-3-5-14/h1-9H,10-11,16H2,(H2,17,18,19). The summed E-state index contributed by atoms with van der Waals surface area (Å²) in [4.78, 5) is 1.27. The average molecular weight is 303 g/mol. The van der Waals surface area contributed by atoms with Gasteiger partial charge in [-0.1, -0.05) is 18.2 Å². The van der Waals surface area contributed by atoms with Crippen molar-refractivity contribution in [3.8, 4) is 0 Å². The first kappa shape index (κ1) is 14.7. The van der Waals surface area contributed by atoms with Crippen LogP contribution >= 0.6 is 24.0 Å². The minimum Gasteiger partial charge on any atom is -0.399 e. The minimum absolute atomic E-state index is 0.628. The lowest BCUT2D eigenvalue weighted by Crippen LogP contribution is -2.30. The Morgan fingerprint density at radius 1 is 1.05 bits per heavy atom. The Morgan fingerprint density at radius 3 is 2.45 bits per heavy atom. The third-order valence-electron chi connectivity index (χ3n) is 2.57. The first-order valence-electron chi connectivity index (χ1n) is 6.32. The molecule has 3 nitrogen and oxygen atoms in total. The summed E-state index contributed by atoms with van der Waals surface area (Å²) in [6.07, 6.45) is 0. The van der Waals surface area contributed by atoms with Crippen LogP contribution in [-0.4, -0.2) is 17.4 Å². The van der Waals surface area contributed by atoms with Crippen LogP contribution in [0.5, 0.6) is 0 Å². The van der Waals surface area contributed by atoms with E-state index in [1.807, 2.05) is 42.5 Å². The summed E-state index contributed by atoms with van der Waals surface area (Å²) >= 11 is 7.04. The fraction of sp³-hybridized carbons (Fsp3) is 0.133. The quantitative estimate of drug-likeness (QED) is 0.342. The predicted octanol–water partition coefficient (Wildman–Crippen LogP) is 3.35. The number of rotatable bonds is 5. The highest BCUT2D eigenvalue weighted by Crippen LogP contribution is 2.15. The largest absolute Gasteiger partial charge is 0.399 e. The van der Waals surface area contributed by atoms with Gasteiger partial charge in [-0.25, -0.2) is 0 Å². The number of benzene rings is 2. The van der Waals surface area contributed by atoms with Crippen molar-refractivity contribution >= 4 is 40.5 Å².